The Morgan fingerprint density at radius 2 is 1.74 bits per heavy atom. The number of anilines is 1. The zero-order valence-corrected chi connectivity index (χ0v) is 16.2. The standard InChI is InChI=1S/C21H26N4O2/c1-23-18-9-8-16(26-2)14-17(18)22-21(23)15-24-10-12-25(13-11-24)19-6-4-5-7-20(19)27-3/h4-9,14H,10-13,15H2,1-3H3. The molecule has 0 saturated carbocycles. The Kier molecular flexibility index (Phi) is 4.90. The highest BCUT2D eigenvalue weighted by atomic mass is 16.5. The molecule has 0 atom stereocenters. The minimum absolute atomic E-state index is 0.845. The number of para-hydroxylation sites is 2. The van der Waals surface area contributed by atoms with Gasteiger partial charge in [-0.2, -0.15) is 0 Å². The normalized spacial score (nSPS) is 15.3. The second-order valence-corrected chi connectivity index (χ2v) is 6.88. The lowest BCUT2D eigenvalue weighted by atomic mass is 10.2. The largest absolute Gasteiger partial charge is 0.497 e. The van der Waals surface area contributed by atoms with Crippen molar-refractivity contribution in [2.75, 3.05) is 45.3 Å². The van der Waals surface area contributed by atoms with E-state index in [2.05, 4.69) is 39.6 Å². The first-order valence-corrected chi connectivity index (χ1v) is 9.29. The van der Waals surface area contributed by atoms with Gasteiger partial charge in [-0.05, 0) is 24.3 Å². The third kappa shape index (κ3) is 3.45. The number of aromatic nitrogens is 2. The summed E-state index contributed by atoms with van der Waals surface area (Å²) in [5.41, 5.74) is 3.30. The highest BCUT2D eigenvalue weighted by molar-refractivity contribution is 5.77. The Labute approximate surface area is 159 Å². The fourth-order valence-electron chi connectivity index (χ4n) is 3.74. The number of hydrogen-bond donors (Lipinski definition) is 0. The first-order valence-electron chi connectivity index (χ1n) is 9.29. The predicted octanol–water partition coefficient (Wildman–Crippen LogP) is 2.91. The fraction of sp³-hybridized carbons (Fsp3) is 0.381. The summed E-state index contributed by atoms with van der Waals surface area (Å²) in [4.78, 5) is 9.69. The van der Waals surface area contributed by atoms with E-state index in [9.17, 15) is 0 Å². The van der Waals surface area contributed by atoms with Gasteiger partial charge in [-0.15, -0.1) is 0 Å². The molecule has 3 aromatic rings. The summed E-state index contributed by atoms with van der Waals surface area (Å²) in [6.45, 7) is 4.83. The maximum Gasteiger partial charge on any atom is 0.142 e. The predicted molar refractivity (Wildman–Crippen MR) is 108 cm³/mol. The Balaban J connectivity index is 1.45. The summed E-state index contributed by atoms with van der Waals surface area (Å²) < 4.78 is 13.0. The van der Waals surface area contributed by atoms with E-state index < -0.39 is 0 Å². The maximum absolute atomic E-state index is 5.51. The summed E-state index contributed by atoms with van der Waals surface area (Å²) >= 11 is 0. The van der Waals surface area contributed by atoms with Crippen LogP contribution in [0.4, 0.5) is 5.69 Å². The monoisotopic (exact) mass is 366 g/mol. The molecule has 2 heterocycles. The Morgan fingerprint density at radius 1 is 0.963 bits per heavy atom. The Hall–Kier alpha value is -2.73. The molecule has 0 radical (unpaired) electrons. The Bertz CT molecular complexity index is 929. The molecule has 142 valence electrons. The molecule has 0 aliphatic carbocycles. The van der Waals surface area contributed by atoms with Crippen molar-refractivity contribution in [1.29, 1.82) is 0 Å². The summed E-state index contributed by atoms with van der Waals surface area (Å²) in [6.07, 6.45) is 0. The molecule has 0 bridgehead atoms. The average molecular weight is 366 g/mol. The molecular formula is C21H26N4O2. The van der Waals surface area contributed by atoms with Crippen molar-refractivity contribution in [3.63, 3.8) is 0 Å². The van der Waals surface area contributed by atoms with E-state index in [0.29, 0.717) is 0 Å². The smallest absolute Gasteiger partial charge is 0.142 e. The number of hydrogen-bond acceptors (Lipinski definition) is 5. The maximum atomic E-state index is 5.51. The van der Waals surface area contributed by atoms with Crippen molar-refractivity contribution in [3.05, 3.63) is 48.3 Å². The molecule has 1 aromatic heterocycles. The van der Waals surface area contributed by atoms with Gasteiger partial charge in [0.05, 0.1) is 37.5 Å². The van der Waals surface area contributed by atoms with Gasteiger partial charge in [0.15, 0.2) is 0 Å². The van der Waals surface area contributed by atoms with E-state index in [-0.39, 0.29) is 0 Å². The molecule has 2 aromatic carbocycles. The summed E-state index contributed by atoms with van der Waals surface area (Å²) in [6, 6.07) is 14.3. The molecule has 4 rings (SSSR count). The van der Waals surface area contributed by atoms with Crippen LogP contribution in [0.15, 0.2) is 42.5 Å². The van der Waals surface area contributed by atoms with E-state index >= 15 is 0 Å². The van der Waals surface area contributed by atoms with Crippen molar-refractivity contribution in [3.8, 4) is 11.5 Å². The van der Waals surface area contributed by atoms with E-state index in [4.69, 9.17) is 14.5 Å². The number of rotatable bonds is 5. The van der Waals surface area contributed by atoms with E-state index in [1.54, 1.807) is 14.2 Å². The first kappa shape index (κ1) is 17.7. The average Bonchev–Trinajstić information content (AvgIpc) is 3.03. The molecule has 1 aliphatic heterocycles. The van der Waals surface area contributed by atoms with Crippen LogP contribution in [0.5, 0.6) is 11.5 Å². The molecule has 0 spiro atoms. The number of fused-ring (bicyclic) bond motifs is 1. The molecule has 0 amide bonds. The van der Waals surface area contributed by atoms with E-state index in [0.717, 1.165) is 61.1 Å². The lowest BCUT2D eigenvalue weighted by Gasteiger charge is -2.36. The molecule has 0 N–H and O–H groups in total. The number of nitrogens with zero attached hydrogens (tertiary/aromatic N) is 4. The van der Waals surface area contributed by atoms with Crippen LogP contribution < -0.4 is 14.4 Å². The fourth-order valence-corrected chi connectivity index (χ4v) is 3.74. The molecular weight excluding hydrogens is 340 g/mol. The van der Waals surface area contributed by atoms with Crippen LogP contribution in [-0.2, 0) is 13.6 Å². The van der Waals surface area contributed by atoms with Gasteiger partial charge < -0.3 is 18.9 Å². The van der Waals surface area contributed by atoms with Crippen molar-refractivity contribution in [1.82, 2.24) is 14.5 Å². The summed E-state index contributed by atoms with van der Waals surface area (Å²) in [7, 11) is 5.50. The van der Waals surface area contributed by atoms with Crippen molar-refractivity contribution >= 4 is 16.7 Å². The van der Waals surface area contributed by atoms with Crippen LogP contribution in [0.3, 0.4) is 0 Å². The number of imidazole rings is 1. The van der Waals surface area contributed by atoms with Gasteiger partial charge in [-0.25, -0.2) is 4.98 Å². The van der Waals surface area contributed by atoms with Crippen LogP contribution in [0.25, 0.3) is 11.0 Å². The molecule has 1 saturated heterocycles. The summed E-state index contributed by atoms with van der Waals surface area (Å²) in [5.74, 6) is 2.87. The Morgan fingerprint density at radius 3 is 2.48 bits per heavy atom. The molecule has 6 nitrogen and oxygen atoms in total. The molecule has 27 heavy (non-hydrogen) atoms. The second kappa shape index (κ2) is 7.48. The zero-order chi connectivity index (χ0) is 18.8. The lowest BCUT2D eigenvalue weighted by Crippen LogP contribution is -2.46. The van der Waals surface area contributed by atoms with Crippen molar-refractivity contribution < 1.29 is 9.47 Å². The van der Waals surface area contributed by atoms with Gasteiger partial charge in [0.2, 0.25) is 0 Å². The highest BCUT2D eigenvalue weighted by Crippen LogP contribution is 2.28. The van der Waals surface area contributed by atoms with Crippen LogP contribution in [-0.4, -0.2) is 54.8 Å². The third-order valence-corrected chi connectivity index (χ3v) is 5.34. The second-order valence-electron chi connectivity index (χ2n) is 6.88. The molecule has 1 fully saturated rings. The van der Waals surface area contributed by atoms with Gasteiger partial charge in [-0.3, -0.25) is 4.90 Å². The third-order valence-electron chi connectivity index (χ3n) is 5.34. The van der Waals surface area contributed by atoms with Gasteiger partial charge >= 0.3 is 0 Å². The molecule has 6 heteroatoms. The quantitative estimate of drug-likeness (QED) is 0.695. The summed E-state index contributed by atoms with van der Waals surface area (Å²) in [5, 5.41) is 0. The molecule has 1 aliphatic rings. The lowest BCUT2D eigenvalue weighted by molar-refractivity contribution is 0.241. The van der Waals surface area contributed by atoms with Crippen molar-refractivity contribution in [2.45, 2.75) is 6.54 Å². The molecule has 0 unspecified atom stereocenters. The highest BCUT2D eigenvalue weighted by Gasteiger charge is 2.21. The van der Waals surface area contributed by atoms with Crippen LogP contribution in [0, 0.1) is 0 Å². The number of aryl methyl sites for hydroxylation is 1. The van der Waals surface area contributed by atoms with Crippen LogP contribution >= 0.6 is 0 Å². The van der Waals surface area contributed by atoms with Gasteiger partial charge in [0.25, 0.3) is 0 Å². The topological polar surface area (TPSA) is 42.8 Å². The van der Waals surface area contributed by atoms with Gasteiger partial charge in [-0.1, -0.05) is 12.1 Å². The zero-order valence-electron chi connectivity index (χ0n) is 16.2. The minimum Gasteiger partial charge on any atom is -0.497 e. The van der Waals surface area contributed by atoms with E-state index in [1.807, 2.05) is 24.3 Å². The minimum atomic E-state index is 0.845. The number of benzene rings is 2. The van der Waals surface area contributed by atoms with Crippen LogP contribution in [0.2, 0.25) is 0 Å². The number of piperazine rings is 1. The van der Waals surface area contributed by atoms with Gasteiger partial charge in [0, 0.05) is 39.3 Å². The van der Waals surface area contributed by atoms with Crippen LogP contribution in [0.1, 0.15) is 5.82 Å². The number of ether oxygens (including phenoxy) is 2. The number of methoxy groups -OCH3 is 2. The van der Waals surface area contributed by atoms with Crippen molar-refractivity contribution in [2.24, 2.45) is 7.05 Å². The van der Waals surface area contributed by atoms with E-state index in [1.165, 1.54) is 5.69 Å². The SMILES string of the molecule is COc1ccc2c(c1)nc(CN1CCN(c3ccccc3OC)CC1)n2C. The first-order chi connectivity index (χ1) is 13.2. The van der Waals surface area contributed by atoms with Gasteiger partial charge in [0.1, 0.15) is 17.3 Å².